The molecule has 5 heteroatoms. The van der Waals surface area contributed by atoms with E-state index in [1.54, 1.807) is 42.5 Å². The molecular formula is C17H12ClNO3. The number of rotatable bonds is 3. The molecule has 4 nitrogen and oxygen atoms in total. The van der Waals surface area contributed by atoms with Crippen molar-refractivity contribution in [3.8, 4) is 5.75 Å². The summed E-state index contributed by atoms with van der Waals surface area (Å²) in [6.07, 6.45) is 1.31. The third-order valence-corrected chi connectivity index (χ3v) is 3.75. The lowest BCUT2D eigenvalue weighted by molar-refractivity contribution is -0.110. The van der Waals surface area contributed by atoms with Gasteiger partial charge in [0.25, 0.3) is 5.91 Å². The van der Waals surface area contributed by atoms with Crippen LogP contribution in [0.15, 0.2) is 48.5 Å². The highest BCUT2D eigenvalue weighted by molar-refractivity contribution is 6.41. The number of allylic oxidation sites excluding steroid dienone is 1. The fourth-order valence-corrected chi connectivity index (χ4v) is 2.60. The van der Waals surface area contributed by atoms with Crippen LogP contribution in [0.1, 0.15) is 15.9 Å². The Morgan fingerprint density at radius 1 is 1.18 bits per heavy atom. The van der Waals surface area contributed by atoms with E-state index in [1.165, 1.54) is 13.2 Å². The lowest BCUT2D eigenvalue weighted by atomic mass is 10.0. The first-order valence-electron chi connectivity index (χ1n) is 6.61. The molecule has 0 saturated heterocycles. The quantitative estimate of drug-likeness (QED) is 0.696. The zero-order chi connectivity index (χ0) is 15.7. The Morgan fingerprint density at radius 3 is 2.73 bits per heavy atom. The van der Waals surface area contributed by atoms with Crippen LogP contribution in [-0.4, -0.2) is 18.8 Å². The van der Waals surface area contributed by atoms with Gasteiger partial charge in [0, 0.05) is 5.56 Å². The predicted octanol–water partition coefficient (Wildman–Crippen LogP) is 3.57. The molecule has 1 aliphatic heterocycles. The molecule has 1 aliphatic rings. The highest BCUT2D eigenvalue weighted by Crippen LogP contribution is 2.37. The van der Waals surface area contributed by atoms with Gasteiger partial charge in [0.15, 0.2) is 5.78 Å². The predicted molar refractivity (Wildman–Crippen MR) is 85.4 cm³/mol. The number of ketones is 1. The number of fused-ring (bicyclic) bond motifs is 1. The largest absolute Gasteiger partial charge is 0.496 e. The Balaban J connectivity index is 2.05. The van der Waals surface area contributed by atoms with Crippen molar-refractivity contribution in [1.82, 2.24) is 0 Å². The van der Waals surface area contributed by atoms with E-state index in [4.69, 9.17) is 16.3 Å². The fraction of sp³-hybridized carbons (Fsp3) is 0.0588. The first kappa shape index (κ1) is 14.4. The SMILES string of the molecule is COc1ccccc1C(=O)C=C1C(=O)Nc2c(Cl)cccc21. The zero-order valence-electron chi connectivity index (χ0n) is 11.7. The van der Waals surface area contributed by atoms with Crippen LogP contribution in [0.25, 0.3) is 5.57 Å². The lowest BCUT2D eigenvalue weighted by Gasteiger charge is -2.05. The summed E-state index contributed by atoms with van der Waals surface area (Å²) in [7, 11) is 1.50. The maximum absolute atomic E-state index is 12.5. The average molecular weight is 314 g/mol. The topological polar surface area (TPSA) is 55.4 Å². The molecule has 0 aromatic heterocycles. The van der Waals surface area contributed by atoms with Crippen LogP contribution in [0, 0.1) is 0 Å². The number of halogens is 1. The van der Waals surface area contributed by atoms with Crippen LogP contribution in [0.4, 0.5) is 5.69 Å². The van der Waals surface area contributed by atoms with Crippen LogP contribution < -0.4 is 10.1 Å². The molecule has 1 amide bonds. The van der Waals surface area contributed by atoms with Gasteiger partial charge in [0.05, 0.1) is 29.0 Å². The molecule has 0 bridgehead atoms. The molecule has 1 N–H and O–H groups in total. The Kier molecular flexibility index (Phi) is 3.69. The second-order valence-electron chi connectivity index (χ2n) is 4.74. The molecule has 0 aliphatic carbocycles. The summed E-state index contributed by atoms with van der Waals surface area (Å²) in [5.41, 5.74) is 1.86. The average Bonchev–Trinajstić information content (AvgIpc) is 2.85. The number of carbonyl (C=O) groups is 2. The highest BCUT2D eigenvalue weighted by atomic mass is 35.5. The van der Waals surface area contributed by atoms with Crippen molar-refractivity contribution in [2.24, 2.45) is 0 Å². The number of hydrogen-bond acceptors (Lipinski definition) is 3. The number of methoxy groups -OCH3 is 1. The first-order valence-corrected chi connectivity index (χ1v) is 6.99. The highest BCUT2D eigenvalue weighted by Gasteiger charge is 2.27. The van der Waals surface area contributed by atoms with E-state index < -0.39 is 0 Å². The molecule has 3 rings (SSSR count). The summed E-state index contributed by atoms with van der Waals surface area (Å²) in [6, 6.07) is 12.1. The smallest absolute Gasteiger partial charge is 0.256 e. The van der Waals surface area contributed by atoms with E-state index in [0.29, 0.717) is 33.2 Å². The van der Waals surface area contributed by atoms with Crippen molar-refractivity contribution < 1.29 is 14.3 Å². The fourth-order valence-electron chi connectivity index (χ4n) is 2.38. The summed E-state index contributed by atoms with van der Waals surface area (Å²) < 4.78 is 5.17. The number of hydrogen-bond donors (Lipinski definition) is 1. The number of carbonyl (C=O) groups excluding carboxylic acids is 2. The molecule has 2 aromatic rings. The second-order valence-corrected chi connectivity index (χ2v) is 5.15. The summed E-state index contributed by atoms with van der Waals surface area (Å²) in [6.45, 7) is 0. The molecule has 22 heavy (non-hydrogen) atoms. The van der Waals surface area contributed by atoms with Gasteiger partial charge in [-0.2, -0.15) is 0 Å². The van der Waals surface area contributed by atoms with E-state index in [1.807, 2.05) is 0 Å². The molecule has 0 fully saturated rings. The van der Waals surface area contributed by atoms with Crippen molar-refractivity contribution in [2.75, 3.05) is 12.4 Å². The van der Waals surface area contributed by atoms with Crippen molar-refractivity contribution in [3.05, 3.63) is 64.7 Å². The molecular weight excluding hydrogens is 302 g/mol. The van der Waals surface area contributed by atoms with Gasteiger partial charge in [-0.15, -0.1) is 0 Å². The maximum atomic E-state index is 12.5. The first-order chi connectivity index (χ1) is 10.6. The van der Waals surface area contributed by atoms with Gasteiger partial charge >= 0.3 is 0 Å². The van der Waals surface area contributed by atoms with Crippen molar-refractivity contribution in [2.45, 2.75) is 0 Å². The molecule has 0 unspecified atom stereocenters. The van der Waals surface area contributed by atoms with Crippen molar-refractivity contribution in [1.29, 1.82) is 0 Å². The second kappa shape index (κ2) is 5.66. The summed E-state index contributed by atoms with van der Waals surface area (Å²) in [4.78, 5) is 24.5. The Bertz CT molecular complexity index is 811. The monoisotopic (exact) mass is 313 g/mol. The number of ether oxygens (including phenoxy) is 1. The van der Waals surface area contributed by atoms with Gasteiger partial charge in [-0.25, -0.2) is 0 Å². The van der Waals surface area contributed by atoms with E-state index in [-0.39, 0.29) is 11.7 Å². The minimum absolute atomic E-state index is 0.296. The summed E-state index contributed by atoms with van der Waals surface area (Å²) in [5, 5.41) is 3.12. The molecule has 0 atom stereocenters. The minimum Gasteiger partial charge on any atom is -0.496 e. The van der Waals surface area contributed by atoms with Crippen LogP contribution >= 0.6 is 11.6 Å². The van der Waals surface area contributed by atoms with Crippen molar-refractivity contribution in [3.63, 3.8) is 0 Å². The molecule has 0 saturated carbocycles. The number of anilines is 1. The van der Waals surface area contributed by atoms with Crippen LogP contribution in [0.2, 0.25) is 5.02 Å². The number of amides is 1. The molecule has 0 radical (unpaired) electrons. The normalized spacial score (nSPS) is 14.6. The Hall–Kier alpha value is -2.59. The van der Waals surface area contributed by atoms with E-state index in [9.17, 15) is 9.59 Å². The van der Waals surface area contributed by atoms with Gasteiger partial charge < -0.3 is 10.1 Å². The summed E-state index contributed by atoms with van der Waals surface area (Å²) >= 11 is 6.05. The third kappa shape index (κ3) is 2.38. The number of nitrogens with one attached hydrogen (secondary N) is 1. The van der Waals surface area contributed by atoms with E-state index >= 15 is 0 Å². The van der Waals surface area contributed by atoms with Crippen molar-refractivity contribution >= 4 is 34.6 Å². The lowest BCUT2D eigenvalue weighted by Crippen LogP contribution is -2.06. The van der Waals surface area contributed by atoms with Crippen LogP contribution in [0.3, 0.4) is 0 Å². The van der Waals surface area contributed by atoms with Gasteiger partial charge in [0.1, 0.15) is 5.75 Å². The zero-order valence-corrected chi connectivity index (χ0v) is 12.5. The number of benzene rings is 2. The standard InChI is InChI=1S/C17H12ClNO3/c1-22-15-8-3-2-5-11(15)14(20)9-12-10-6-4-7-13(18)16(10)19-17(12)21/h2-9H,1H3,(H,19,21). The van der Waals surface area contributed by atoms with E-state index in [2.05, 4.69) is 5.32 Å². The third-order valence-electron chi connectivity index (χ3n) is 3.43. The minimum atomic E-state index is -0.341. The van der Waals surface area contributed by atoms with Crippen LogP contribution in [0.5, 0.6) is 5.75 Å². The van der Waals surface area contributed by atoms with E-state index in [0.717, 1.165) is 0 Å². The van der Waals surface area contributed by atoms with Crippen LogP contribution in [-0.2, 0) is 4.79 Å². The van der Waals surface area contributed by atoms with Gasteiger partial charge in [-0.05, 0) is 24.3 Å². The maximum Gasteiger partial charge on any atom is 0.256 e. The molecule has 2 aromatic carbocycles. The van der Waals surface area contributed by atoms with Gasteiger partial charge in [-0.1, -0.05) is 35.9 Å². The number of para-hydroxylation sites is 2. The van der Waals surface area contributed by atoms with Gasteiger partial charge in [0.2, 0.25) is 0 Å². The molecule has 1 heterocycles. The molecule has 0 spiro atoms. The Morgan fingerprint density at radius 2 is 1.95 bits per heavy atom. The van der Waals surface area contributed by atoms with Gasteiger partial charge in [-0.3, -0.25) is 9.59 Å². The summed E-state index contributed by atoms with van der Waals surface area (Å²) in [5.74, 6) is -0.171. The Labute approximate surface area is 132 Å². The molecule has 110 valence electrons.